The molecule has 7 nitrogen and oxygen atoms in total. The number of nitrogens with one attached hydrogen (secondary N) is 1. The lowest BCUT2D eigenvalue weighted by Gasteiger charge is -2.16. The number of aliphatic carboxylic acids is 1. The topological polar surface area (TPSA) is 95.4 Å². The summed E-state index contributed by atoms with van der Waals surface area (Å²) in [6.45, 7) is 0.659. The number of thioether (sulfide) groups is 1. The molecule has 0 unspecified atom stereocenters. The van der Waals surface area contributed by atoms with Crippen molar-refractivity contribution < 1.29 is 14.7 Å². The van der Waals surface area contributed by atoms with Gasteiger partial charge in [0.2, 0.25) is 0 Å². The number of aromatic nitrogens is 2. The van der Waals surface area contributed by atoms with Crippen LogP contribution in [-0.4, -0.2) is 57.4 Å². The third-order valence-electron chi connectivity index (χ3n) is 3.95. The highest BCUT2D eigenvalue weighted by Gasteiger charge is 2.17. The van der Waals surface area contributed by atoms with Crippen LogP contribution in [0.2, 0.25) is 0 Å². The van der Waals surface area contributed by atoms with Crippen LogP contribution in [0, 0.1) is 0 Å². The molecule has 2 amide bonds. The van der Waals surface area contributed by atoms with E-state index in [1.165, 1.54) is 30.6 Å². The maximum absolute atomic E-state index is 11.8. The maximum Gasteiger partial charge on any atom is 0.317 e. The first kappa shape index (κ1) is 18.5. The van der Waals surface area contributed by atoms with Gasteiger partial charge in [-0.1, -0.05) is 24.6 Å². The third-order valence-corrected chi connectivity index (χ3v) is 5.18. The zero-order valence-electron chi connectivity index (χ0n) is 13.9. The smallest absolute Gasteiger partial charge is 0.317 e. The highest BCUT2D eigenvalue weighted by atomic mass is 32.2. The number of rotatable bonds is 8. The molecule has 1 aromatic rings. The van der Waals surface area contributed by atoms with E-state index in [0.717, 1.165) is 10.7 Å². The molecule has 2 N–H and O–H groups in total. The summed E-state index contributed by atoms with van der Waals surface area (Å²) in [5.41, 5.74) is 0.972. The van der Waals surface area contributed by atoms with Gasteiger partial charge in [0.05, 0.1) is 6.42 Å². The van der Waals surface area contributed by atoms with Crippen molar-refractivity contribution in [1.29, 1.82) is 0 Å². The number of nitrogens with zero attached hydrogens (tertiary/aromatic N) is 3. The van der Waals surface area contributed by atoms with Gasteiger partial charge in [0, 0.05) is 37.8 Å². The van der Waals surface area contributed by atoms with Gasteiger partial charge in [-0.25, -0.2) is 14.8 Å². The minimum absolute atomic E-state index is 0.0577. The molecule has 0 bridgehead atoms. The molecule has 1 heterocycles. The van der Waals surface area contributed by atoms with Crippen molar-refractivity contribution >= 4 is 23.8 Å². The van der Waals surface area contributed by atoms with Crippen LogP contribution in [0.1, 0.15) is 37.7 Å². The van der Waals surface area contributed by atoms with Gasteiger partial charge in [-0.3, -0.25) is 4.79 Å². The number of amides is 2. The second-order valence-electron chi connectivity index (χ2n) is 5.95. The zero-order valence-corrected chi connectivity index (χ0v) is 14.7. The van der Waals surface area contributed by atoms with Gasteiger partial charge >= 0.3 is 12.0 Å². The summed E-state index contributed by atoms with van der Waals surface area (Å²) in [6.07, 6.45) is 9.31. The van der Waals surface area contributed by atoms with Crippen LogP contribution < -0.4 is 5.32 Å². The van der Waals surface area contributed by atoms with E-state index in [-0.39, 0.29) is 19.0 Å². The molecule has 0 spiro atoms. The summed E-state index contributed by atoms with van der Waals surface area (Å²) >= 11 is 1.75. The van der Waals surface area contributed by atoms with Crippen molar-refractivity contribution in [3.05, 3.63) is 18.0 Å². The lowest BCUT2D eigenvalue weighted by atomic mass is 10.2. The second kappa shape index (κ2) is 9.46. The summed E-state index contributed by atoms with van der Waals surface area (Å²) in [5.74, 6) is -0.914. The number of carbonyl (C=O) groups is 2. The van der Waals surface area contributed by atoms with Gasteiger partial charge in [-0.15, -0.1) is 0 Å². The minimum atomic E-state index is -0.914. The minimum Gasteiger partial charge on any atom is -0.481 e. The Labute approximate surface area is 146 Å². The molecule has 0 aliphatic heterocycles. The van der Waals surface area contributed by atoms with E-state index in [0.29, 0.717) is 18.2 Å². The van der Waals surface area contributed by atoms with Crippen molar-refractivity contribution in [2.75, 3.05) is 20.1 Å². The van der Waals surface area contributed by atoms with Crippen LogP contribution in [0.3, 0.4) is 0 Å². The third kappa shape index (κ3) is 6.35. The molecule has 0 radical (unpaired) electrons. The van der Waals surface area contributed by atoms with Gasteiger partial charge in [-0.2, -0.15) is 0 Å². The van der Waals surface area contributed by atoms with Crippen LogP contribution in [0.5, 0.6) is 0 Å². The molecule has 0 saturated heterocycles. The van der Waals surface area contributed by atoms with Gasteiger partial charge in [0.1, 0.15) is 0 Å². The monoisotopic (exact) mass is 352 g/mol. The van der Waals surface area contributed by atoms with Gasteiger partial charge in [0.25, 0.3) is 0 Å². The molecule has 1 aliphatic rings. The number of hydrogen-bond donors (Lipinski definition) is 2. The predicted octanol–water partition coefficient (Wildman–Crippen LogP) is 2.17. The highest BCUT2D eigenvalue weighted by Crippen LogP contribution is 2.32. The lowest BCUT2D eigenvalue weighted by molar-refractivity contribution is -0.137. The molecule has 8 heteroatoms. The van der Waals surface area contributed by atoms with Gasteiger partial charge in [-0.05, 0) is 24.8 Å². The predicted molar refractivity (Wildman–Crippen MR) is 92.1 cm³/mol. The molecule has 24 heavy (non-hydrogen) atoms. The number of carboxylic acid groups (broad SMARTS) is 1. The van der Waals surface area contributed by atoms with Gasteiger partial charge in [0.15, 0.2) is 5.16 Å². The Hall–Kier alpha value is -1.83. The molecule has 2 rings (SSSR count). The fraction of sp³-hybridized carbons (Fsp3) is 0.625. The normalized spacial score (nSPS) is 14.5. The average Bonchev–Trinajstić information content (AvgIpc) is 3.07. The first-order valence-corrected chi connectivity index (χ1v) is 9.11. The van der Waals surface area contributed by atoms with E-state index in [9.17, 15) is 9.59 Å². The molecule has 0 atom stereocenters. The Kier molecular flexibility index (Phi) is 7.30. The summed E-state index contributed by atoms with van der Waals surface area (Å²) in [7, 11) is 1.58. The molecule has 1 aromatic heterocycles. The van der Waals surface area contributed by atoms with E-state index >= 15 is 0 Å². The van der Waals surface area contributed by atoms with E-state index in [1.54, 1.807) is 18.8 Å². The molecule has 1 aliphatic carbocycles. The Bertz CT molecular complexity index is 547. The van der Waals surface area contributed by atoms with E-state index in [1.807, 2.05) is 12.4 Å². The molecular formula is C16H24N4O3S. The number of carbonyl (C=O) groups excluding carboxylic acids is 1. The van der Waals surface area contributed by atoms with Gasteiger partial charge < -0.3 is 15.3 Å². The van der Waals surface area contributed by atoms with E-state index < -0.39 is 5.97 Å². The lowest BCUT2D eigenvalue weighted by Crippen LogP contribution is -2.39. The van der Waals surface area contributed by atoms with Crippen molar-refractivity contribution in [3.8, 4) is 0 Å². The Morgan fingerprint density at radius 1 is 1.33 bits per heavy atom. The summed E-state index contributed by atoms with van der Waals surface area (Å²) in [5, 5.41) is 12.8. The first-order valence-electron chi connectivity index (χ1n) is 8.23. The molecular weight excluding hydrogens is 328 g/mol. The Morgan fingerprint density at radius 3 is 2.62 bits per heavy atom. The molecule has 132 valence electrons. The molecule has 1 saturated carbocycles. The van der Waals surface area contributed by atoms with Crippen LogP contribution in [-0.2, 0) is 11.2 Å². The van der Waals surface area contributed by atoms with Crippen LogP contribution in [0.15, 0.2) is 17.6 Å². The summed E-state index contributed by atoms with van der Waals surface area (Å²) in [6, 6.07) is -0.273. The Balaban J connectivity index is 1.68. The summed E-state index contributed by atoms with van der Waals surface area (Å²) < 4.78 is 0. The summed E-state index contributed by atoms with van der Waals surface area (Å²) in [4.78, 5) is 32.4. The van der Waals surface area contributed by atoms with Crippen molar-refractivity contribution in [2.45, 2.75) is 48.9 Å². The SMILES string of the molecule is CN(CCC(=O)O)C(=O)NCCc1cnc(SC2CCCC2)nc1. The maximum atomic E-state index is 11.8. The first-order chi connectivity index (χ1) is 11.5. The van der Waals surface area contributed by atoms with Crippen molar-refractivity contribution in [1.82, 2.24) is 20.2 Å². The standard InChI is InChI=1S/C16H24N4O3S/c1-20(9-7-14(21)22)16(23)17-8-6-12-10-18-15(19-11-12)24-13-4-2-3-5-13/h10-11,13H,2-9H2,1H3,(H,17,23)(H,21,22). The van der Waals surface area contributed by atoms with Crippen molar-refractivity contribution in [2.24, 2.45) is 0 Å². The fourth-order valence-electron chi connectivity index (χ4n) is 2.50. The number of urea groups is 1. The molecule has 1 fully saturated rings. The van der Waals surface area contributed by atoms with E-state index in [2.05, 4.69) is 15.3 Å². The second-order valence-corrected chi connectivity index (χ2v) is 7.21. The molecule has 0 aromatic carbocycles. The largest absolute Gasteiger partial charge is 0.481 e. The van der Waals surface area contributed by atoms with Crippen LogP contribution in [0.4, 0.5) is 4.79 Å². The Morgan fingerprint density at radius 2 is 2.00 bits per heavy atom. The van der Waals surface area contributed by atoms with Crippen LogP contribution >= 0.6 is 11.8 Å². The highest BCUT2D eigenvalue weighted by molar-refractivity contribution is 7.99. The van der Waals surface area contributed by atoms with Crippen LogP contribution in [0.25, 0.3) is 0 Å². The zero-order chi connectivity index (χ0) is 17.4. The average molecular weight is 352 g/mol. The number of hydrogen-bond acceptors (Lipinski definition) is 5. The fourth-order valence-corrected chi connectivity index (χ4v) is 3.60. The van der Waals surface area contributed by atoms with Crippen molar-refractivity contribution in [3.63, 3.8) is 0 Å². The number of carboxylic acids is 1. The van der Waals surface area contributed by atoms with E-state index in [4.69, 9.17) is 5.11 Å². The quantitative estimate of drug-likeness (QED) is 0.696.